The van der Waals surface area contributed by atoms with Gasteiger partial charge >= 0.3 is 11.8 Å². The van der Waals surface area contributed by atoms with E-state index in [1.54, 1.807) is 12.4 Å². The molecule has 202 valence electrons. The average molecular weight is 530 g/mol. The fourth-order valence-corrected chi connectivity index (χ4v) is 4.87. The SMILES string of the molecule is Cc1[nH]ncc1Nc1nccc(-c2ccc3c(c2)CN(CCO)CCC3NC(=O)c2nnc(C3(C)CC3)o2)n1. The normalized spacial score (nSPS) is 18.3. The van der Waals surface area contributed by atoms with E-state index < -0.39 is 0 Å². The standard InChI is InChI=1S/C27H31N9O3/c1-16-22(14-29-33-16)32-26-28-9-5-20(31-26)17-3-4-19-18(13-17)15-36(11-12-37)10-6-21(19)30-23(38)24-34-35-25(39-24)27(2)7-8-27/h3-5,9,13-14,21,37H,6-8,10-12,15H2,1-2H3,(H,29,33)(H,30,38)(H,28,31,32). The molecule has 4 aromatic rings. The van der Waals surface area contributed by atoms with Crippen LogP contribution < -0.4 is 10.6 Å². The number of carbonyl (C=O) groups excluding carboxylic acids is 1. The van der Waals surface area contributed by atoms with Crippen molar-refractivity contribution < 1.29 is 14.3 Å². The number of amides is 1. The number of hydrogen-bond donors (Lipinski definition) is 4. The molecular weight excluding hydrogens is 498 g/mol. The summed E-state index contributed by atoms with van der Waals surface area (Å²) in [6.45, 7) is 5.94. The first-order chi connectivity index (χ1) is 18.9. The van der Waals surface area contributed by atoms with Gasteiger partial charge in [-0.25, -0.2) is 9.97 Å². The third-order valence-corrected chi connectivity index (χ3v) is 7.53. The molecule has 1 unspecified atom stereocenters. The molecule has 1 fully saturated rings. The molecule has 1 aliphatic heterocycles. The van der Waals surface area contributed by atoms with Gasteiger partial charge in [-0.1, -0.05) is 19.1 Å². The van der Waals surface area contributed by atoms with Crippen LogP contribution in [0.1, 0.15) is 65.6 Å². The van der Waals surface area contributed by atoms with Gasteiger partial charge in [-0.05, 0) is 49.4 Å². The minimum atomic E-state index is -0.380. The molecule has 1 saturated carbocycles. The average Bonchev–Trinajstić information content (AvgIpc) is 3.33. The van der Waals surface area contributed by atoms with Crippen molar-refractivity contribution in [3.05, 3.63) is 65.3 Å². The molecule has 1 atom stereocenters. The molecule has 4 heterocycles. The van der Waals surface area contributed by atoms with E-state index in [9.17, 15) is 9.90 Å². The van der Waals surface area contributed by atoms with Crippen molar-refractivity contribution in [1.82, 2.24) is 40.6 Å². The van der Waals surface area contributed by atoms with Crippen LogP contribution >= 0.6 is 0 Å². The fraction of sp³-hybridized carbons (Fsp3) is 0.407. The zero-order valence-corrected chi connectivity index (χ0v) is 21.9. The molecule has 0 radical (unpaired) electrons. The second-order valence-electron chi connectivity index (χ2n) is 10.5. The maximum Gasteiger partial charge on any atom is 0.309 e. The molecule has 0 saturated heterocycles. The third kappa shape index (κ3) is 5.25. The Morgan fingerprint density at radius 1 is 1.28 bits per heavy atom. The van der Waals surface area contributed by atoms with Crippen molar-refractivity contribution in [2.24, 2.45) is 0 Å². The lowest BCUT2D eigenvalue weighted by molar-refractivity contribution is 0.0894. The number of aromatic nitrogens is 6. The monoisotopic (exact) mass is 529 g/mol. The second kappa shape index (κ2) is 10.2. The number of β-amino-alcohol motifs (C(OH)–C–C–N with tert-alkyl or cyclic N) is 1. The summed E-state index contributed by atoms with van der Waals surface area (Å²) in [4.78, 5) is 24.3. The van der Waals surface area contributed by atoms with Gasteiger partial charge in [0.25, 0.3) is 0 Å². The van der Waals surface area contributed by atoms with Crippen LogP contribution in [0.4, 0.5) is 11.6 Å². The van der Waals surface area contributed by atoms with Gasteiger partial charge in [-0.3, -0.25) is 14.8 Å². The van der Waals surface area contributed by atoms with Crippen LogP contribution in [0, 0.1) is 6.92 Å². The summed E-state index contributed by atoms with van der Waals surface area (Å²) in [5.74, 6) is 0.601. The summed E-state index contributed by atoms with van der Waals surface area (Å²) < 4.78 is 5.72. The smallest absolute Gasteiger partial charge is 0.309 e. The third-order valence-electron chi connectivity index (χ3n) is 7.53. The minimum absolute atomic E-state index is 0.0124. The number of fused-ring (bicyclic) bond motifs is 1. The molecule has 0 spiro atoms. The molecule has 3 aromatic heterocycles. The van der Waals surface area contributed by atoms with E-state index in [0.717, 1.165) is 46.6 Å². The Kier molecular flexibility index (Phi) is 6.57. The van der Waals surface area contributed by atoms with E-state index in [1.165, 1.54) is 0 Å². The lowest BCUT2D eigenvalue weighted by Crippen LogP contribution is -2.31. The fourth-order valence-electron chi connectivity index (χ4n) is 4.87. The molecule has 0 bridgehead atoms. The van der Waals surface area contributed by atoms with Crippen molar-refractivity contribution in [1.29, 1.82) is 0 Å². The lowest BCUT2D eigenvalue weighted by atomic mass is 9.96. The van der Waals surface area contributed by atoms with Crippen molar-refractivity contribution in [2.75, 3.05) is 25.0 Å². The van der Waals surface area contributed by atoms with Gasteiger partial charge in [0.1, 0.15) is 0 Å². The molecule has 39 heavy (non-hydrogen) atoms. The number of rotatable bonds is 8. The number of aromatic amines is 1. The van der Waals surface area contributed by atoms with Crippen LogP contribution in [0.25, 0.3) is 11.3 Å². The van der Waals surface area contributed by atoms with E-state index in [1.807, 2.05) is 25.1 Å². The summed E-state index contributed by atoms with van der Waals surface area (Å²) in [5, 5.41) is 31.0. The summed E-state index contributed by atoms with van der Waals surface area (Å²) >= 11 is 0. The van der Waals surface area contributed by atoms with E-state index in [-0.39, 0.29) is 29.9 Å². The van der Waals surface area contributed by atoms with Gasteiger partial charge in [0.15, 0.2) is 0 Å². The van der Waals surface area contributed by atoms with Crippen molar-refractivity contribution >= 4 is 17.5 Å². The van der Waals surface area contributed by atoms with Crippen LogP contribution in [0.15, 0.2) is 41.1 Å². The van der Waals surface area contributed by atoms with Crippen LogP contribution in [0.2, 0.25) is 0 Å². The zero-order valence-electron chi connectivity index (χ0n) is 21.9. The Balaban J connectivity index is 1.26. The minimum Gasteiger partial charge on any atom is -0.416 e. The number of nitrogens with zero attached hydrogens (tertiary/aromatic N) is 6. The maximum atomic E-state index is 13.1. The van der Waals surface area contributed by atoms with Crippen molar-refractivity contribution in [3.8, 4) is 11.3 Å². The summed E-state index contributed by atoms with van der Waals surface area (Å²) in [6.07, 6.45) is 6.07. The number of nitrogens with one attached hydrogen (secondary N) is 3. The second-order valence-corrected chi connectivity index (χ2v) is 10.5. The number of H-pyrrole nitrogens is 1. The van der Waals surface area contributed by atoms with Crippen LogP contribution in [0.3, 0.4) is 0 Å². The predicted molar refractivity (Wildman–Crippen MR) is 142 cm³/mol. The summed E-state index contributed by atoms with van der Waals surface area (Å²) in [5.41, 5.74) is 5.37. The van der Waals surface area contributed by atoms with E-state index in [2.05, 4.69) is 53.9 Å². The number of aliphatic hydroxyl groups is 1. The molecule has 12 nitrogen and oxygen atoms in total. The highest BCUT2D eigenvalue weighted by Gasteiger charge is 2.44. The number of anilines is 2. The Morgan fingerprint density at radius 2 is 2.15 bits per heavy atom. The molecule has 1 aliphatic carbocycles. The zero-order chi connectivity index (χ0) is 27.0. The molecular formula is C27H31N9O3. The number of benzene rings is 1. The van der Waals surface area contributed by atoms with Gasteiger partial charge < -0.3 is 20.2 Å². The molecule has 1 amide bonds. The summed E-state index contributed by atoms with van der Waals surface area (Å²) in [6, 6.07) is 7.76. The Morgan fingerprint density at radius 3 is 2.92 bits per heavy atom. The quantitative estimate of drug-likeness (QED) is 0.267. The van der Waals surface area contributed by atoms with Crippen LogP contribution in [-0.2, 0) is 12.0 Å². The Hall–Kier alpha value is -4.16. The van der Waals surface area contributed by atoms with Gasteiger partial charge in [-0.2, -0.15) is 5.10 Å². The molecule has 6 rings (SSSR count). The van der Waals surface area contributed by atoms with Gasteiger partial charge in [0, 0.05) is 36.8 Å². The highest BCUT2D eigenvalue weighted by Crippen LogP contribution is 2.46. The van der Waals surface area contributed by atoms with Gasteiger partial charge in [0.2, 0.25) is 11.8 Å². The first-order valence-corrected chi connectivity index (χ1v) is 13.1. The van der Waals surface area contributed by atoms with Gasteiger partial charge in [0.05, 0.1) is 35.9 Å². The first-order valence-electron chi connectivity index (χ1n) is 13.1. The number of aryl methyl sites for hydroxylation is 1. The highest BCUT2D eigenvalue weighted by atomic mass is 16.4. The lowest BCUT2D eigenvalue weighted by Gasteiger charge is -2.19. The number of hydrogen-bond acceptors (Lipinski definition) is 10. The van der Waals surface area contributed by atoms with Crippen molar-refractivity contribution in [2.45, 2.75) is 51.1 Å². The maximum absolute atomic E-state index is 13.1. The van der Waals surface area contributed by atoms with Crippen molar-refractivity contribution in [3.63, 3.8) is 0 Å². The first kappa shape index (κ1) is 25.1. The number of carbonyl (C=O) groups is 1. The van der Waals surface area contributed by atoms with Gasteiger partial charge in [-0.15, -0.1) is 10.2 Å². The van der Waals surface area contributed by atoms with E-state index in [0.29, 0.717) is 37.9 Å². The number of aliphatic hydroxyl groups excluding tert-OH is 1. The largest absolute Gasteiger partial charge is 0.416 e. The molecule has 1 aromatic carbocycles. The summed E-state index contributed by atoms with van der Waals surface area (Å²) in [7, 11) is 0. The van der Waals surface area contributed by atoms with E-state index in [4.69, 9.17) is 9.40 Å². The molecule has 4 N–H and O–H groups in total. The Labute approximate surface area is 225 Å². The van der Waals surface area contributed by atoms with Crippen LogP contribution in [-0.4, -0.2) is 66.0 Å². The predicted octanol–water partition coefficient (Wildman–Crippen LogP) is 3.02. The van der Waals surface area contributed by atoms with Crippen LogP contribution in [0.5, 0.6) is 0 Å². The molecule has 12 heteroatoms. The highest BCUT2D eigenvalue weighted by molar-refractivity contribution is 5.89. The van der Waals surface area contributed by atoms with E-state index >= 15 is 0 Å². The topological polar surface area (TPSA) is 158 Å². The molecule has 2 aliphatic rings. The Bertz CT molecular complexity index is 1490.